The summed E-state index contributed by atoms with van der Waals surface area (Å²) in [6.45, 7) is 7.44. The van der Waals surface area contributed by atoms with Gasteiger partial charge in [-0.25, -0.2) is 0 Å². The quantitative estimate of drug-likeness (QED) is 0.333. The number of carbonyl (C=O) groups excluding carboxylic acids is 4. The molecule has 192 valence electrons. The van der Waals surface area contributed by atoms with Crippen molar-refractivity contribution < 1.29 is 49.4 Å². The number of benzene rings is 2. The van der Waals surface area contributed by atoms with Gasteiger partial charge in [-0.05, 0) is 24.2 Å². The van der Waals surface area contributed by atoms with Crippen molar-refractivity contribution in [2.45, 2.75) is 46.1 Å². The number of fused-ring (bicyclic) bond motifs is 1. The van der Waals surface area contributed by atoms with Crippen LogP contribution in [-0.2, 0) is 0 Å². The maximum atomic E-state index is 12.0. The van der Waals surface area contributed by atoms with E-state index in [1.54, 1.807) is 0 Å². The number of hydrogen-bond donors (Lipinski definition) is 5. The fourth-order valence-electron chi connectivity index (χ4n) is 5.18. The molecule has 0 bridgehead atoms. The van der Waals surface area contributed by atoms with Crippen molar-refractivity contribution in [2.75, 3.05) is 0 Å². The Labute approximate surface area is 206 Å². The van der Waals surface area contributed by atoms with Crippen molar-refractivity contribution >= 4 is 25.1 Å². The van der Waals surface area contributed by atoms with E-state index in [4.69, 9.17) is 4.74 Å². The first kappa shape index (κ1) is 26.5. The first-order chi connectivity index (χ1) is 17.0. The highest BCUT2D eigenvalue weighted by Crippen LogP contribution is 2.59. The highest BCUT2D eigenvalue weighted by Gasteiger charge is 2.47. The Bertz CT molecular complexity index is 1210. The zero-order chi connectivity index (χ0) is 27.1. The summed E-state index contributed by atoms with van der Waals surface area (Å²) in [4.78, 5) is 46.9. The molecule has 3 unspecified atom stereocenters. The average molecular weight is 501 g/mol. The van der Waals surface area contributed by atoms with Crippen molar-refractivity contribution in [3.05, 3.63) is 33.4 Å². The molecule has 10 nitrogen and oxygen atoms in total. The monoisotopic (exact) mass is 500 g/mol. The van der Waals surface area contributed by atoms with Gasteiger partial charge in [0.05, 0.1) is 27.8 Å². The summed E-state index contributed by atoms with van der Waals surface area (Å²) in [6.07, 6.45) is -0.171. The van der Waals surface area contributed by atoms with Gasteiger partial charge in [0.1, 0.15) is 40.6 Å². The van der Waals surface area contributed by atoms with Gasteiger partial charge < -0.3 is 30.3 Å². The molecule has 2 aromatic carbocycles. The molecule has 3 atom stereocenters. The Morgan fingerprint density at radius 1 is 0.667 bits per heavy atom. The van der Waals surface area contributed by atoms with Crippen molar-refractivity contribution in [1.29, 1.82) is 0 Å². The Morgan fingerprint density at radius 3 is 1.47 bits per heavy atom. The van der Waals surface area contributed by atoms with E-state index in [9.17, 15) is 44.7 Å². The maximum absolute atomic E-state index is 12.0. The van der Waals surface area contributed by atoms with E-state index in [2.05, 4.69) is 0 Å². The van der Waals surface area contributed by atoms with Gasteiger partial charge in [0, 0.05) is 11.5 Å². The first-order valence-corrected chi connectivity index (χ1v) is 11.4. The van der Waals surface area contributed by atoms with E-state index in [0.29, 0.717) is 6.42 Å². The van der Waals surface area contributed by atoms with Crippen LogP contribution < -0.4 is 4.74 Å². The van der Waals surface area contributed by atoms with Crippen LogP contribution in [0.25, 0.3) is 0 Å². The third-order valence-electron chi connectivity index (χ3n) is 6.72. The lowest BCUT2D eigenvalue weighted by Crippen LogP contribution is -2.35. The fraction of sp³-hybridized carbons (Fsp3) is 0.385. The number of aromatic hydroxyl groups is 5. The second kappa shape index (κ2) is 9.88. The summed E-state index contributed by atoms with van der Waals surface area (Å²) >= 11 is 0. The van der Waals surface area contributed by atoms with Crippen molar-refractivity contribution in [3.63, 3.8) is 0 Å². The lowest BCUT2D eigenvalue weighted by atomic mass is 9.68. The molecule has 1 heterocycles. The maximum Gasteiger partial charge on any atom is 0.157 e. The summed E-state index contributed by atoms with van der Waals surface area (Å²) in [5.41, 5.74) is -2.43. The van der Waals surface area contributed by atoms with Gasteiger partial charge >= 0.3 is 0 Å². The summed E-state index contributed by atoms with van der Waals surface area (Å²) in [5, 5.41) is 53.5. The number of hydrogen-bond acceptors (Lipinski definition) is 10. The third-order valence-corrected chi connectivity index (χ3v) is 6.72. The summed E-state index contributed by atoms with van der Waals surface area (Å²) in [5.74, 6) is -5.68. The minimum atomic E-state index is -1.29. The average Bonchev–Trinajstić information content (AvgIpc) is 2.79. The van der Waals surface area contributed by atoms with Gasteiger partial charge in [-0.2, -0.15) is 0 Å². The molecule has 0 spiro atoms. The Kier molecular flexibility index (Phi) is 7.28. The van der Waals surface area contributed by atoms with Crippen LogP contribution in [0.1, 0.15) is 98.7 Å². The van der Waals surface area contributed by atoms with Crippen molar-refractivity contribution in [1.82, 2.24) is 0 Å². The molecule has 0 saturated heterocycles. The van der Waals surface area contributed by atoms with Gasteiger partial charge in [0.25, 0.3) is 0 Å². The minimum Gasteiger partial charge on any atom is -0.507 e. The molecule has 5 N–H and O–H groups in total. The number of aldehydes is 4. The lowest BCUT2D eigenvalue weighted by molar-refractivity contribution is 0.0499. The Hall–Kier alpha value is -4.08. The van der Waals surface area contributed by atoms with E-state index < -0.39 is 68.9 Å². The zero-order valence-electron chi connectivity index (χ0n) is 20.2. The molecule has 0 amide bonds. The number of rotatable bonds is 8. The zero-order valence-corrected chi connectivity index (χ0v) is 20.2. The van der Waals surface area contributed by atoms with E-state index in [-0.39, 0.29) is 53.9 Å². The second-order valence-corrected chi connectivity index (χ2v) is 9.62. The van der Waals surface area contributed by atoms with Gasteiger partial charge in [-0.1, -0.05) is 27.7 Å². The summed E-state index contributed by atoms with van der Waals surface area (Å²) in [7, 11) is 0. The van der Waals surface area contributed by atoms with Gasteiger partial charge in [-0.15, -0.1) is 0 Å². The molecule has 10 heteroatoms. The topological polar surface area (TPSA) is 179 Å². The molecular formula is C26H28O10. The van der Waals surface area contributed by atoms with Gasteiger partial charge in [-0.3, -0.25) is 19.2 Å². The van der Waals surface area contributed by atoms with E-state index in [0.717, 1.165) is 0 Å². The smallest absolute Gasteiger partial charge is 0.157 e. The third kappa shape index (κ3) is 3.92. The predicted molar refractivity (Wildman–Crippen MR) is 127 cm³/mol. The van der Waals surface area contributed by atoms with Crippen LogP contribution in [0.15, 0.2) is 0 Å². The van der Waals surface area contributed by atoms with Gasteiger partial charge in [0.2, 0.25) is 0 Å². The molecule has 1 aliphatic rings. The molecule has 0 saturated carbocycles. The molecule has 1 aliphatic heterocycles. The standard InChI is InChI=1S/C26H28O10/c1-10(2)5-12-17(11(3)4)26(19-23(34)13(6-27)20(31)14(7-28)24(19)35)36-25-16(9-30)21(32)15(8-29)22(33)18(12)25/h6-12,17,26,31-35H,5H2,1-4H3. The number of phenols is 5. The van der Waals surface area contributed by atoms with Crippen LogP contribution in [-0.4, -0.2) is 50.7 Å². The molecule has 0 aromatic heterocycles. The second-order valence-electron chi connectivity index (χ2n) is 9.62. The molecule has 0 fully saturated rings. The Balaban J connectivity index is 2.49. The van der Waals surface area contributed by atoms with Crippen molar-refractivity contribution in [3.8, 4) is 34.5 Å². The molecule has 0 radical (unpaired) electrons. The largest absolute Gasteiger partial charge is 0.507 e. The van der Waals surface area contributed by atoms with E-state index >= 15 is 0 Å². The highest BCUT2D eigenvalue weighted by atomic mass is 16.5. The molecule has 0 aliphatic carbocycles. The fourth-order valence-corrected chi connectivity index (χ4v) is 5.18. The van der Waals surface area contributed by atoms with Gasteiger partial charge in [0.15, 0.2) is 25.1 Å². The van der Waals surface area contributed by atoms with Crippen LogP contribution in [0.4, 0.5) is 0 Å². The Morgan fingerprint density at radius 2 is 1.08 bits per heavy atom. The van der Waals surface area contributed by atoms with Crippen LogP contribution in [0.3, 0.4) is 0 Å². The van der Waals surface area contributed by atoms with Crippen LogP contribution in [0.5, 0.6) is 34.5 Å². The highest BCUT2D eigenvalue weighted by molar-refractivity contribution is 5.96. The van der Waals surface area contributed by atoms with Crippen LogP contribution in [0, 0.1) is 17.8 Å². The molecule has 2 aromatic rings. The van der Waals surface area contributed by atoms with Crippen LogP contribution >= 0.6 is 0 Å². The van der Waals surface area contributed by atoms with Crippen molar-refractivity contribution in [2.24, 2.45) is 17.8 Å². The predicted octanol–water partition coefficient (Wildman–Crippen LogP) is 4.00. The lowest BCUT2D eigenvalue weighted by Gasteiger charge is -2.44. The summed E-state index contributed by atoms with van der Waals surface area (Å²) < 4.78 is 6.09. The normalized spacial score (nSPS) is 19.0. The minimum absolute atomic E-state index is 0.0218. The molecule has 3 rings (SSSR count). The number of phenolic OH excluding ortho intramolecular Hbond substituents is 5. The first-order valence-electron chi connectivity index (χ1n) is 11.4. The molecule has 36 heavy (non-hydrogen) atoms. The van der Waals surface area contributed by atoms with Crippen LogP contribution in [0.2, 0.25) is 0 Å². The summed E-state index contributed by atoms with van der Waals surface area (Å²) in [6, 6.07) is 0. The van der Waals surface area contributed by atoms with E-state index in [1.807, 2.05) is 27.7 Å². The molecular weight excluding hydrogens is 472 g/mol. The number of ether oxygens (including phenoxy) is 1. The SMILES string of the molecule is CC(C)CC1c2c(O)c(C=O)c(O)c(C=O)c2OC(c2c(O)c(C=O)c(O)c(C=O)c2O)C1C(C)C. The van der Waals surface area contributed by atoms with E-state index in [1.165, 1.54) is 0 Å². The number of carbonyl (C=O) groups is 4.